The van der Waals surface area contributed by atoms with Crippen molar-refractivity contribution in [1.29, 1.82) is 0 Å². The number of hydrogen-bond donors (Lipinski definition) is 3. The molecule has 0 aliphatic heterocycles. The first-order chi connectivity index (χ1) is 16.7. The van der Waals surface area contributed by atoms with Crippen LogP contribution in [0.4, 0.5) is 0 Å². The third-order valence-electron chi connectivity index (χ3n) is 6.78. The predicted octanol–water partition coefficient (Wildman–Crippen LogP) is 8.00. The lowest BCUT2D eigenvalue weighted by molar-refractivity contribution is -0.123. The van der Waals surface area contributed by atoms with Crippen molar-refractivity contribution in [3.63, 3.8) is 0 Å². The zero-order valence-electron chi connectivity index (χ0n) is 22.9. The highest BCUT2D eigenvalue weighted by Gasteiger charge is 2.19. The van der Waals surface area contributed by atoms with E-state index in [1.165, 1.54) is 103 Å². The Balaban J connectivity index is 3.60. The number of nitrogens with one attached hydrogen (secondary N) is 1. The van der Waals surface area contributed by atoms with Crippen LogP contribution in [0.3, 0.4) is 0 Å². The van der Waals surface area contributed by atoms with Crippen LogP contribution in [0.1, 0.15) is 155 Å². The molecule has 0 rings (SSSR count). The van der Waals surface area contributed by atoms with Crippen LogP contribution in [-0.2, 0) is 4.79 Å². The molecule has 202 valence electrons. The van der Waals surface area contributed by atoms with Crippen molar-refractivity contribution < 1.29 is 15.0 Å². The summed E-state index contributed by atoms with van der Waals surface area (Å²) in [5, 5.41) is 22.7. The van der Waals surface area contributed by atoms with Crippen molar-refractivity contribution in [1.82, 2.24) is 5.32 Å². The molecule has 0 unspecified atom stereocenters. The maximum absolute atomic E-state index is 12.2. The van der Waals surface area contributed by atoms with Crippen LogP contribution in [-0.4, -0.2) is 34.9 Å². The Labute approximate surface area is 212 Å². The van der Waals surface area contributed by atoms with Gasteiger partial charge in [0, 0.05) is 6.42 Å². The van der Waals surface area contributed by atoms with Gasteiger partial charge in [-0.2, -0.15) is 0 Å². The zero-order chi connectivity index (χ0) is 25.1. The summed E-state index contributed by atoms with van der Waals surface area (Å²) in [7, 11) is 0. The highest BCUT2D eigenvalue weighted by molar-refractivity contribution is 5.76. The van der Waals surface area contributed by atoms with Gasteiger partial charge in [-0.25, -0.2) is 0 Å². The molecule has 34 heavy (non-hydrogen) atoms. The highest BCUT2D eigenvalue weighted by atomic mass is 16.3. The van der Waals surface area contributed by atoms with Crippen molar-refractivity contribution in [3.8, 4) is 0 Å². The van der Waals surface area contributed by atoms with Crippen LogP contribution in [0.15, 0.2) is 12.2 Å². The molecule has 0 fully saturated rings. The molecule has 3 N–H and O–H groups in total. The SMILES string of the molecule is CCCCCCCC/C=C\CCCCCCCC(=O)N[C@@H](CO)[C@H](O)CCCCCCCCC. The van der Waals surface area contributed by atoms with Crippen molar-refractivity contribution in [2.75, 3.05) is 6.61 Å². The number of allylic oxidation sites excluding steroid dienone is 2. The maximum atomic E-state index is 12.2. The molecule has 0 aromatic rings. The molecule has 0 saturated carbocycles. The van der Waals surface area contributed by atoms with Gasteiger partial charge in [-0.05, 0) is 38.5 Å². The van der Waals surface area contributed by atoms with Crippen LogP contribution < -0.4 is 5.32 Å². The fourth-order valence-corrected chi connectivity index (χ4v) is 4.41. The van der Waals surface area contributed by atoms with E-state index in [4.69, 9.17) is 0 Å². The van der Waals surface area contributed by atoms with Crippen molar-refractivity contribution in [2.24, 2.45) is 0 Å². The van der Waals surface area contributed by atoms with E-state index in [-0.39, 0.29) is 12.5 Å². The van der Waals surface area contributed by atoms with E-state index in [9.17, 15) is 15.0 Å². The lowest BCUT2D eigenvalue weighted by Gasteiger charge is -2.22. The number of aliphatic hydroxyl groups excluding tert-OH is 2. The molecule has 0 spiro atoms. The molecular weight excluding hydrogens is 422 g/mol. The number of rotatable bonds is 26. The van der Waals surface area contributed by atoms with E-state index in [1.807, 2.05) is 0 Å². The standard InChI is InChI=1S/C30H59NO3/c1-3-5-7-9-11-12-13-14-15-16-17-18-20-22-24-26-30(34)31-28(27-32)29(33)25-23-21-19-10-8-6-4-2/h14-15,28-29,32-33H,3-13,16-27H2,1-2H3,(H,31,34)/b15-14-/t28-,29+/m0/s1. The lowest BCUT2D eigenvalue weighted by Crippen LogP contribution is -2.45. The number of carbonyl (C=O) groups is 1. The minimum absolute atomic E-state index is 0.0460. The number of amides is 1. The third kappa shape index (κ3) is 22.9. The van der Waals surface area contributed by atoms with Gasteiger partial charge in [-0.1, -0.05) is 122 Å². The first-order valence-electron chi connectivity index (χ1n) is 14.9. The van der Waals surface area contributed by atoms with Crippen molar-refractivity contribution in [2.45, 2.75) is 167 Å². The molecule has 4 heteroatoms. The minimum Gasteiger partial charge on any atom is -0.394 e. The Hall–Kier alpha value is -0.870. The number of carbonyl (C=O) groups excluding carboxylic acids is 1. The molecule has 0 saturated heterocycles. The van der Waals surface area contributed by atoms with Crippen LogP contribution in [0, 0.1) is 0 Å². The van der Waals surface area contributed by atoms with E-state index >= 15 is 0 Å². The summed E-state index contributed by atoms with van der Waals surface area (Å²) in [6, 6.07) is -0.532. The van der Waals surface area contributed by atoms with Gasteiger partial charge in [0.15, 0.2) is 0 Å². The summed E-state index contributed by atoms with van der Waals surface area (Å²) < 4.78 is 0. The molecule has 4 nitrogen and oxygen atoms in total. The van der Waals surface area contributed by atoms with E-state index in [0.29, 0.717) is 12.8 Å². The Kier molecular flexibility index (Phi) is 26.0. The Morgan fingerprint density at radius 1 is 0.676 bits per heavy atom. The second-order valence-electron chi connectivity index (χ2n) is 10.2. The molecule has 0 aromatic carbocycles. The van der Waals surface area contributed by atoms with Crippen molar-refractivity contribution in [3.05, 3.63) is 12.2 Å². The van der Waals surface area contributed by atoms with Gasteiger partial charge in [-0.15, -0.1) is 0 Å². The first-order valence-corrected chi connectivity index (χ1v) is 14.9. The highest BCUT2D eigenvalue weighted by Crippen LogP contribution is 2.13. The number of aliphatic hydroxyl groups is 2. The topological polar surface area (TPSA) is 69.6 Å². The maximum Gasteiger partial charge on any atom is 0.220 e. The normalized spacial score (nSPS) is 13.4. The average Bonchev–Trinajstić information content (AvgIpc) is 2.84. The summed E-state index contributed by atoms with van der Waals surface area (Å²) >= 11 is 0. The van der Waals surface area contributed by atoms with Gasteiger partial charge in [0.1, 0.15) is 0 Å². The van der Waals surface area contributed by atoms with Gasteiger partial charge < -0.3 is 15.5 Å². The summed E-state index contributed by atoms with van der Waals surface area (Å²) in [4.78, 5) is 12.2. The van der Waals surface area contributed by atoms with E-state index < -0.39 is 12.1 Å². The third-order valence-corrected chi connectivity index (χ3v) is 6.78. The van der Waals surface area contributed by atoms with Gasteiger partial charge in [-0.3, -0.25) is 4.79 Å². The average molecular weight is 482 g/mol. The molecule has 0 heterocycles. The van der Waals surface area contributed by atoms with E-state index in [0.717, 1.165) is 25.7 Å². The first kappa shape index (κ1) is 33.1. The lowest BCUT2D eigenvalue weighted by atomic mass is 10.0. The van der Waals surface area contributed by atoms with Crippen LogP contribution in [0.2, 0.25) is 0 Å². The van der Waals surface area contributed by atoms with E-state index in [2.05, 4.69) is 31.3 Å². The summed E-state index contributed by atoms with van der Waals surface area (Å²) in [5.74, 6) is -0.0460. The largest absolute Gasteiger partial charge is 0.394 e. The summed E-state index contributed by atoms with van der Waals surface area (Å²) in [6.07, 6.45) is 29.7. The second kappa shape index (κ2) is 26.7. The fraction of sp³-hybridized carbons (Fsp3) is 0.900. The summed E-state index contributed by atoms with van der Waals surface area (Å²) in [6.45, 7) is 4.28. The molecule has 0 aliphatic carbocycles. The zero-order valence-corrected chi connectivity index (χ0v) is 22.9. The Morgan fingerprint density at radius 3 is 1.62 bits per heavy atom. The molecular formula is C30H59NO3. The molecule has 0 radical (unpaired) electrons. The predicted molar refractivity (Wildman–Crippen MR) is 147 cm³/mol. The second-order valence-corrected chi connectivity index (χ2v) is 10.2. The molecule has 0 aliphatic rings. The Bertz CT molecular complexity index is 452. The van der Waals surface area contributed by atoms with Gasteiger partial charge >= 0.3 is 0 Å². The van der Waals surface area contributed by atoms with Crippen LogP contribution in [0.5, 0.6) is 0 Å². The fourth-order valence-electron chi connectivity index (χ4n) is 4.41. The van der Waals surface area contributed by atoms with Gasteiger partial charge in [0.25, 0.3) is 0 Å². The molecule has 2 atom stereocenters. The monoisotopic (exact) mass is 481 g/mol. The molecule has 0 aromatic heterocycles. The van der Waals surface area contributed by atoms with Crippen LogP contribution >= 0.6 is 0 Å². The van der Waals surface area contributed by atoms with Crippen LogP contribution in [0.25, 0.3) is 0 Å². The van der Waals surface area contributed by atoms with E-state index in [1.54, 1.807) is 0 Å². The summed E-state index contributed by atoms with van der Waals surface area (Å²) in [5.41, 5.74) is 0. The minimum atomic E-state index is -0.654. The smallest absolute Gasteiger partial charge is 0.220 e. The van der Waals surface area contributed by atoms with Crippen molar-refractivity contribution >= 4 is 5.91 Å². The molecule has 1 amide bonds. The number of hydrogen-bond acceptors (Lipinski definition) is 3. The van der Waals surface area contributed by atoms with Gasteiger partial charge in [0.2, 0.25) is 5.91 Å². The quantitative estimate of drug-likeness (QED) is 0.0865. The number of unbranched alkanes of at least 4 members (excludes halogenated alkanes) is 17. The Morgan fingerprint density at radius 2 is 1.12 bits per heavy atom. The molecule has 0 bridgehead atoms. The van der Waals surface area contributed by atoms with Gasteiger partial charge in [0.05, 0.1) is 18.8 Å².